The van der Waals surface area contributed by atoms with E-state index in [0.29, 0.717) is 24.1 Å². The Kier molecular flexibility index (Phi) is 6.19. The molecule has 0 spiro atoms. The number of fused-ring (bicyclic) bond motifs is 1. The summed E-state index contributed by atoms with van der Waals surface area (Å²) in [5.74, 6) is -0.474. The highest BCUT2D eigenvalue weighted by Gasteiger charge is 2.35. The van der Waals surface area contributed by atoms with Crippen LogP contribution in [0.1, 0.15) is 42.0 Å². The number of hydrogen-bond donors (Lipinski definition) is 1. The molecule has 3 rings (SSSR count). The van der Waals surface area contributed by atoms with Crippen LogP contribution in [0.3, 0.4) is 0 Å². The maximum atomic E-state index is 13.3. The van der Waals surface area contributed by atoms with Crippen molar-refractivity contribution in [2.75, 3.05) is 32.8 Å². The number of carbonyl (C=O) groups is 1. The summed E-state index contributed by atoms with van der Waals surface area (Å²) in [5, 5.41) is 6.60. The van der Waals surface area contributed by atoms with E-state index >= 15 is 0 Å². The Morgan fingerprint density at radius 3 is 2.71 bits per heavy atom. The number of carbonyl (C=O) groups excluding carboxylic acids is 1. The predicted molar refractivity (Wildman–Crippen MR) is 96.2 cm³/mol. The average Bonchev–Trinajstić information content (AvgIpc) is 3.09. The SMILES string of the molecule is CCc1cc(C(F)(F)F)n2ncc(C(=O)NC(C)CCN3CCOCC3)c2n1. The summed E-state index contributed by atoms with van der Waals surface area (Å²) in [6.07, 6.45) is -2.40. The third-order valence-corrected chi connectivity index (χ3v) is 4.78. The Bertz CT molecular complexity index is 830. The van der Waals surface area contributed by atoms with Crippen molar-refractivity contribution in [3.8, 4) is 0 Å². The average molecular weight is 399 g/mol. The molecule has 0 bridgehead atoms. The van der Waals surface area contributed by atoms with Crippen molar-refractivity contribution in [2.45, 2.75) is 38.9 Å². The lowest BCUT2D eigenvalue weighted by molar-refractivity contribution is -0.142. The molecule has 1 unspecified atom stereocenters. The minimum atomic E-state index is -4.59. The molecular formula is C18H24F3N5O2. The molecule has 1 saturated heterocycles. The normalized spacial score (nSPS) is 17.0. The fraction of sp³-hybridized carbons (Fsp3) is 0.611. The standard InChI is InChI=1S/C18H24F3N5O2/c1-3-13-10-15(18(19,20)21)26-16(24-13)14(11-22-26)17(27)23-12(2)4-5-25-6-8-28-9-7-25/h10-12H,3-9H2,1-2H3,(H,23,27). The fourth-order valence-electron chi connectivity index (χ4n) is 3.13. The number of aromatic nitrogens is 3. The quantitative estimate of drug-likeness (QED) is 0.806. The van der Waals surface area contributed by atoms with Gasteiger partial charge in [-0.2, -0.15) is 18.3 Å². The lowest BCUT2D eigenvalue weighted by Gasteiger charge is -2.27. The van der Waals surface area contributed by atoms with Crippen molar-refractivity contribution in [3.63, 3.8) is 0 Å². The zero-order valence-corrected chi connectivity index (χ0v) is 15.9. The molecule has 0 saturated carbocycles. The minimum absolute atomic E-state index is 0.0408. The zero-order valence-electron chi connectivity index (χ0n) is 15.9. The van der Waals surface area contributed by atoms with Gasteiger partial charge in [0.25, 0.3) is 5.91 Å². The van der Waals surface area contributed by atoms with Crippen LogP contribution in [0.5, 0.6) is 0 Å². The zero-order chi connectivity index (χ0) is 20.3. The van der Waals surface area contributed by atoms with Crippen molar-refractivity contribution in [3.05, 3.63) is 29.2 Å². The second-order valence-corrected chi connectivity index (χ2v) is 6.89. The van der Waals surface area contributed by atoms with Gasteiger partial charge in [-0.1, -0.05) is 6.92 Å². The Morgan fingerprint density at radius 2 is 2.07 bits per heavy atom. The number of aryl methyl sites for hydroxylation is 1. The van der Waals surface area contributed by atoms with Gasteiger partial charge in [-0.15, -0.1) is 0 Å². The first-order valence-corrected chi connectivity index (χ1v) is 9.35. The maximum absolute atomic E-state index is 13.3. The van der Waals surface area contributed by atoms with Gasteiger partial charge in [0.05, 0.1) is 19.4 Å². The fourth-order valence-corrected chi connectivity index (χ4v) is 3.13. The van der Waals surface area contributed by atoms with Crippen LogP contribution in [0.15, 0.2) is 12.3 Å². The molecule has 28 heavy (non-hydrogen) atoms. The van der Waals surface area contributed by atoms with E-state index in [4.69, 9.17) is 4.74 Å². The van der Waals surface area contributed by atoms with Crippen LogP contribution in [0.25, 0.3) is 5.65 Å². The number of nitrogens with zero attached hydrogens (tertiary/aromatic N) is 4. The predicted octanol–water partition coefficient (Wildman–Crippen LogP) is 2.15. The smallest absolute Gasteiger partial charge is 0.379 e. The summed E-state index contributed by atoms with van der Waals surface area (Å²) < 4.78 is 46.0. The number of rotatable bonds is 6. The molecule has 1 amide bonds. The highest BCUT2D eigenvalue weighted by Crippen LogP contribution is 2.30. The number of ether oxygens (including phenoxy) is 1. The molecule has 1 N–H and O–H groups in total. The van der Waals surface area contributed by atoms with Crippen LogP contribution in [-0.2, 0) is 17.3 Å². The van der Waals surface area contributed by atoms with Gasteiger partial charge in [0.1, 0.15) is 11.3 Å². The monoisotopic (exact) mass is 399 g/mol. The molecule has 1 aliphatic rings. The molecule has 1 aliphatic heterocycles. The molecule has 0 radical (unpaired) electrons. The first-order chi connectivity index (χ1) is 13.3. The molecule has 2 aromatic rings. The molecule has 7 nitrogen and oxygen atoms in total. The molecule has 1 fully saturated rings. The van der Waals surface area contributed by atoms with Gasteiger partial charge in [-0.05, 0) is 25.8 Å². The van der Waals surface area contributed by atoms with E-state index in [1.807, 2.05) is 6.92 Å². The Morgan fingerprint density at radius 1 is 1.36 bits per heavy atom. The summed E-state index contributed by atoms with van der Waals surface area (Å²) in [7, 11) is 0. The number of halogens is 3. The van der Waals surface area contributed by atoms with E-state index in [1.165, 1.54) is 0 Å². The van der Waals surface area contributed by atoms with Crippen molar-refractivity contribution in [1.29, 1.82) is 0 Å². The Hall–Kier alpha value is -2.20. The van der Waals surface area contributed by atoms with Gasteiger partial charge in [-0.3, -0.25) is 9.69 Å². The van der Waals surface area contributed by atoms with Crippen LogP contribution in [0.4, 0.5) is 13.2 Å². The molecule has 2 aromatic heterocycles. The molecule has 0 aromatic carbocycles. The van der Waals surface area contributed by atoms with E-state index in [1.54, 1.807) is 6.92 Å². The van der Waals surface area contributed by atoms with E-state index < -0.39 is 17.8 Å². The third-order valence-electron chi connectivity index (χ3n) is 4.78. The van der Waals surface area contributed by atoms with Gasteiger partial charge in [0.15, 0.2) is 5.65 Å². The highest BCUT2D eigenvalue weighted by atomic mass is 19.4. The largest absolute Gasteiger partial charge is 0.433 e. The van der Waals surface area contributed by atoms with Crippen LogP contribution in [0, 0.1) is 0 Å². The second-order valence-electron chi connectivity index (χ2n) is 6.89. The van der Waals surface area contributed by atoms with Crippen molar-refractivity contribution in [1.82, 2.24) is 24.8 Å². The Balaban J connectivity index is 1.74. The van der Waals surface area contributed by atoms with Crippen LogP contribution < -0.4 is 5.32 Å². The number of nitrogens with one attached hydrogen (secondary N) is 1. The van der Waals surface area contributed by atoms with Gasteiger partial charge >= 0.3 is 6.18 Å². The second kappa shape index (κ2) is 8.44. The lowest BCUT2D eigenvalue weighted by Crippen LogP contribution is -2.40. The van der Waals surface area contributed by atoms with E-state index in [9.17, 15) is 18.0 Å². The topological polar surface area (TPSA) is 71.8 Å². The van der Waals surface area contributed by atoms with Gasteiger partial charge in [0, 0.05) is 31.4 Å². The summed E-state index contributed by atoms with van der Waals surface area (Å²) >= 11 is 0. The van der Waals surface area contributed by atoms with E-state index in [2.05, 4.69) is 20.3 Å². The van der Waals surface area contributed by atoms with Gasteiger partial charge in [0.2, 0.25) is 0 Å². The van der Waals surface area contributed by atoms with E-state index in [0.717, 1.165) is 38.3 Å². The van der Waals surface area contributed by atoms with Crippen molar-refractivity contribution in [2.24, 2.45) is 0 Å². The van der Waals surface area contributed by atoms with E-state index in [-0.39, 0.29) is 22.9 Å². The van der Waals surface area contributed by atoms with Crippen LogP contribution >= 0.6 is 0 Å². The molecule has 1 atom stereocenters. The lowest BCUT2D eigenvalue weighted by atomic mass is 10.2. The Labute approximate surface area is 160 Å². The number of hydrogen-bond acceptors (Lipinski definition) is 5. The highest BCUT2D eigenvalue weighted by molar-refractivity contribution is 5.99. The number of morpholine rings is 1. The number of alkyl halides is 3. The third kappa shape index (κ3) is 4.61. The van der Waals surface area contributed by atoms with Crippen LogP contribution in [-0.4, -0.2) is 64.3 Å². The molecular weight excluding hydrogens is 375 g/mol. The summed E-state index contributed by atoms with van der Waals surface area (Å²) in [5.41, 5.74) is -0.716. The van der Waals surface area contributed by atoms with Crippen LogP contribution in [0.2, 0.25) is 0 Å². The summed E-state index contributed by atoms with van der Waals surface area (Å²) in [4.78, 5) is 19.1. The minimum Gasteiger partial charge on any atom is -0.379 e. The summed E-state index contributed by atoms with van der Waals surface area (Å²) in [6, 6.07) is 0.828. The van der Waals surface area contributed by atoms with Gasteiger partial charge in [-0.25, -0.2) is 9.50 Å². The molecule has 0 aliphatic carbocycles. The number of amides is 1. The first-order valence-electron chi connectivity index (χ1n) is 9.35. The van der Waals surface area contributed by atoms with Crippen molar-refractivity contribution >= 4 is 11.6 Å². The summed E-state index contributed by atoms with van der Waals surface area (Å²) in [6.45, 7) is 7.53. The van der Waals surface area contributed by atoms with Crippen molar-refractivity contribution < 1.29 is 22.7 Å². The maximum Gasteiger partial charge on any atom is 0.433 e. The first kappa shape index (κ1) is 20.5. The molecule has 10 heteroatoms. The molecule has 3 heterocycles. The molecule has 154 valence electrons. The van der Waals surface area contributed by atoms with Gasteiger partial charge < -0.3 is 10.1 Å².